The maximum absolute atomic E-state index is 10.7. The van der Waals surface area contributed by atoms with Crippen LogP contribution in [0.4, 0.5) is 0 Å². The van der Waals surface area contributed by atoms with E-state index in [-0.39, 0.29) is 5.97 Å². The summed E-state index contributed by atoms with van der Waals surface area (Å²) in [7, 11) is 0. The lowest BCUT2D eigenvalue weighted by atomic mass is 10.3. The van der Waals surface area contributed by atoms with Crippen LogP contribution in [0.5, 0.6) is 0 Å². The molecule has 0 bridgehead atoms. The Morgan fingerprint density at radius 2 is 2.14 bits per heavy atom. The van der Waals surface area contributed by atoms with Crippen LogP contribution in [0.3, 0.4) is 0 Å². The second-order valence-corrected chi connectivity index (χ2v) is 3.07. The third-order valence-corrected chi connectivity index (χ3v) is 1.83. The van der Waals surface area contributed by atoms with Gasteiger partial charge in [-0.1, -0.05) is 20.3 Å². The summed E-state index contributed by atoms with van der Waals surface area (Å²) >= 11 is 0. The molecular formula is C9H18N2O3. The molecule has 5 heteroatoms. The molecule has 82 valence electrons. The molecule has 0 aromatic heterocycles. The fraction of sp³-hybridized carbons (Fsp3) is 0.889. The number of hydrogen-bond acceptors (Lipinski definition) is 4. The third kappa shape index (κ3) is 4.79. The van der Waals surface area contributed by atoms with Crippen LogP contribution in [0.25, 0.3) is 0 Å². The lowest BCUT2D eigenvalue weighted by Crippen LogP contribution is -2.34. The second-order valence-electron chi connectivity index (χ2n) is 3.07. The first-order chi connectivity index (χ1) is 6.65. The summed E-state index contributed by atoms with van der Waals surface area (Å²) in [6.07, 6.45) is 1.89. The molecule has 1 atom stereocenters. The van der Waals surface area contributed by atoms with Gasteiger partial charge in [-0.2, -0.15) is 0 Å². The Morgan fingerprint density at radius 1 is 1.50 bits per heavy atom. The van der Waals surface area contributed by atoms with Crippen molar-refractivity contribution in [2.75, 3.05) is 6.54 Å². The number of carbonyl (C=O) groups excluding carboxylic acids is 1. The van der Waals surface area contributed by atoms with Crippen LogP contribution in [-0.4, -0.2) is 23.8 Å². The zero-order valence-electron chi connectivity index (χ0n) is 9.02. The number of esters is 1. The van der Waals surface area contributed by atoms with Gasteiger partial charge in [0.05, 0.1) is 5.29 Å². The van der Waals surface area contributed by atoms with Crippen molar-refractivity contribution in [2.45, 2.75) is 46.3 Å². The number of ether oxygens (including phenoxy) is 1. The van der Waals surface area contributed by atoms with Gasteiger partial charge in [0, 0.05) is 19.9 Å². The molecule has 0 heterocycles. The Hall–Kier alpha value is -1.13. The van der Waals surface area contributed by atoms with Gasteiger partial charge in [0.1, 0.15) is 0 Å². The average molecular weight is 202 g/mol. The predicted molar refractivity (Wildman–Crippen MR) is 53.3 cm³/mol. The topological polar surface area (TPSA) is 59.0 Å². The van der Waals surface area contributed by atoms with Crippen molar-refractivity contribution in [3.63, 3.8) is 0 Å². The normalized spacial score (nSPS) is 11.9. The molecule has 0 aliphatic heterocycles. The Balaban J connectivity index is 4.13. The second kappa shape index (κ2) is 7.29. The first-order valence-electron chi connectivity index (χ1n) is 4.92. The zero-order valence-corrected chi connectivity index (χ0v) is 9.02. The van der Waals surface area contributed by atoms with Crippen LogP contribution in [0.1, 0.15) is 40.0 Å². The minimum atomic E-state index is -0.517. The van der Waals surface area contributed by atoms with Gasteiger partial charge in [-0.15, -0.1) is 4.91 Å². The van der Waals surface area contributed by atoms with Gasteiger partial charge < -0.3 is 4.74 Å². The van der Waals surface area contributed by atoms with Crippen LogP contribution in [0.15, 0.2) is 5.29 Å². The number of hydrogen-bond donors (Lipinski definition) is 0. The van der Waals surface area contributed by atoms with E-state index in [2.05, 4.69) is 5.29 Å². The van der Waals surface area contributed by atoms with Crippen molar-refractivity contribution in [3.05, 3.63) is 4.91 Å². The first-order valence-corrected chi connectivity index (χ1v) is 4.92. The van der Waals surface area contributed by atoms with Crippen molar-refractivity contribution in [1.29, 1.82) is 0 Å². The minimum absolute atomic E-state index is 0.387. The molecule has 0 aliphatic carbocycles. The molecule has 0 aromatic rings. The Labute approximate surface area is 84.4 Å². The Morgan fingerprint density at radius 3 is 2.50 bits per heavy atom. The van der Waals surface area contributed by atoms with Crippen molar-refractivity contribution in [2.24, 2.45) is 5.29 Å². The predicted octanol–water partition coefficient (Wildman–Crippen LogP) is 2.07. The van der Waals surface area contributed by atoms with E-state index in [1.165, 1.54) is 11.9 Å². The van der Waals surface area contributed by atoms with E-state index in [4.69, 9.17) is 4.74 Å². The third-order valence-electron chi connectivity index (χ3n) is 1.83. The van der Waals surface area contributed by atoms with E-state index in [0.717, 1.165) is 12.8 Å². The van der Waals surface area contributed by atoms with E-state index in [0.29, 0.717) is 13.0 Å². The molecule has 0 amide bonds. The number of unbranched alkanes of at least 4 members (excludes halogenated alkanes) is 1. The first kappa shape index (κ1) is 12.9. The number of carbonyl (C=O) groups is 1. The molecule has 0 saturated heterocycles. The lowest BCUT2D eigenvalue weighted by molar-refractivity contribution is -0.157. The van der Waals surface area contributed by atoms with Crippen molar-refractivity contribution >= 4 is 5.97 Å². The largest absolute Gasteiger partial charge is 0.440 e. The maximum Gasteiger partial charge on any atom is 0.304 e. The smallest absolute Gasteiger partial charge is 0.304 e. The fourth-order valence-electron chi connectivity index (χ4n) is 1.10. The van der Waals surface area contributed by atoms with Gasteiger partial charge in [-0.05, 0) is 6.42 Å². The fourth-order valence-corrected chi connectivity index (χ4v) is 1.10. The molecule has 0 spiro atoms. The highest BCUT2D eigenvalue weighted by molar-refractivity contribution is 5.66. The molecule has 14 heavy (non-hydrogen) atoms. The average Bonchev–Trinajstić information content (AvgIpc) is 2.16. The number of nitrogens with zero attached hydrogens (tertiary/aromatic N) is 2. The molecule has 1 unspecified atom stereocenters. The molecule has 0 fully saturated rings. The summed E-state index contributed by atoms with van der Waals surface area (Å²) in [5.41, 5.74) is 0. The summed E-state index contributed by atoms with van der Waals surface area (Å²) in [4.78, 5) is 21.2. The van der Waals surface area contributed by atoms with E-state index in [1.54, 1.807) is 0 Å². The van der Waals surface area contributed by atoms with Gasteiger partial charge in [0.2, 0.25) is 0 Å². The quantitative estimate of drug-likeness (QED) is 0.274. The van der Waals surface area contributed by atoms with Crippen molar-refractivity contribution in [3.8, 4) is 0 Å². The Bertz CT molecular complexity index is 185. The molecule has 5 nitrogen and oxygen atoms in total. The lowest BCUT2D eigenvalue weighted by Gasteiger charge is -2.24. The molecular weight excluding hydrogens is 184 g/mol. The highest BCUT2D eigenvalue weighted by Gasteiger charge is 2.18. The molecule has 0 rings (SSSR count). The standard InChI is InChI=1S/C9H18N2O3/c1-4-6-7-11(10-13)9(5-2)14-8(3)12/h9H,4-7H2,1-3H3. The van der Waals surface area contributed by atoms with Gasteiger partial charge in [-0.3, -0.25) is 4.79 Å². The van der Waals surface area contributed by atoms with Gasteiger partial charge >= 0.3 is 5.97 Å². The summed E-state index contributed by atoms with van der Waals surface area (Å²) in [5, 5.41) is 4.14. The van der Waals surface area contributed by atoms with Crippen LogP contribution < -0.4 is 0 Å². The monoisotopic (exact) mass is 202 g/mol. The van der Waals surface area contributed by atoms with Crippen LogP contribution >= 0.6 is 0 Å². The molecule has 0 aromatic carbocycles. The van der Waals surface area contributed by atoms with Gasteiger partial charge in [-0.25, -0.2) is 5.01 Å². The van der Waals surface area contributed by atoms with Crippen molar-refractivity contribution in [1.82, 2.24) is 5.01 Å². The summed E-state index contributed by atoms with van der Waals surface area (Å²) in [6, 6.07) is 0. The van der Waals surface area contributed by atoms with E-state index >= 15 is 0 Å². The van der Waals surface area contributed by atoms with Crippen molar-refractivity contribution < 1.29 is 9.53 Å². The zero-order chi connectivity index (χ0) is 11.0. The minimum Gasteiger partial charge on any atom is -0.440 e. The molecule has 0 aliphatic rings. The number of rotatable bonds is 7. The highest BCUT2D eigenvalue weighted by Crippen LogP contribution is 2.08. The van der Waals surface area contributed by atoms with Gasteiger partial charge in [0.15, 0.2) is 6.23 Å². The maximum atomic E-state index is 10.7. The number of nitroso groups, excluding NO2 is 1. The molecule has 0 radical (unpaired) electrons. The van der Waals surface area contributed by atoms with E-state index in [1.807, 2.05) is 13.8 Å². The molecule has 0 N–H and O–H groups in total. The molecule has 0 saturated carbocycles. The van der Waals surface area contributed by atoms with E-state index < -0.39 is 6.23 Å². The highest BCUT2D eigenvalue weighted by atomic mass is 16.6. The Kier molecular flexibility index (Phi) is 6.70. The summed E-state index contributed by atoms with van der Waals surface area (Å²) < 4.78 is 4.94. The van der Waals surface area contributed by atoms with Crippen LogP contribution in [0, 0.1) is 4.91 Å². The summed E-state index contributed by atoms with van der Waals surface area (Å²) in [5.74, 6) is -0.387. The SMILES string of the molecule is CCCCN(N=O)C(CC)OC(C)=O. The van der Waals surface area contributed by atoms with Gasteiger partial charge in [0.25, 0.3) is 0 Å². The summed E-state index contributed by atoms with van der Waals surface area (Å²) in [6.45, 7) is 5.73. The van der Waals surface area contributed by atoms with Crippen LogP contribution in [-0.2, 0) is 9.53 Å². The van der Waals surface area contributed by atoms with E-state index in [9.17, 15) is 9.70 Å². The van der Waals surface area contributed by atoms with Crippen LogP contribution in [0.2, 0.25) is 0 Å².